The van der Waals surface area contributed by atoms with Gasteiger partial charge in [0, 0.05) is 5.56 Å². The minimum absolute atomic E-state index is 0.205. The lowest BCUT2D eigenvalue weighted by Gasteiger charge is -2.09. The van der Waals surface area contributed by atoms with Crippen molar-refractivity contribution in [2.75, 3.05) is 4.72 Å². The zero-order valence-electron chi connectivity index (χ0n) is 9.50. The zero-order chi connectivity index (χ0) is 13.0. The molecule has 0 saturated carbocycles. The zero-order valence-corrected chi connectivity index (χ0v) is 10.3. The quantitative estimate of drug-likeness (QED) is 0.859. The van der Waals surface area contributed by atoms with Gasteiger partial charge >= 0.3 is 0 Å². The van der Waals surface area contributed by atoms with Gasteiger partial charge in [0.25, 0.3) is 10.0 Å². The number of sulfonamides is 1. The molecular weight excluding hydrogens is 246 g/mol. The van der Waals surface area contributed by atoms with E-state index < -0.39 is 10.0 Å². The molecule has 2 rings (SSSR count). The predicted octanol–water partition coefficient (Wildman–Crippen LogP) is 2.47. The van der Waals surface area contributed by atoms with Crippen LogP contribution in [0.1, 0.15) is 5.56 Å². The molecule has 90 valence electrons. The Morgan fingerprint density at radius 3 is 2.22 bits per heavy atom. The molecule has 0 spiro atoms. The second-order valence-electron chi connectivity index (χ2n) is 3.61. The molecule has 0 amide bonds. The monoisotopic (exact) mass is 257 g/mol. The fourth-order valence-corrected chi connectivity index (χ4v) is 2.60. The van der Waals surface area contributed by atoms with Crippen molar-refractivity contribution in [2.45, 2.75) is 4.90 Å². The summed E-state index contributed by atoms with van der Waals surface area (Å²) >= 11 is 0. The lowest BCUT2D eigenvalue weighted by atomic mass is 10.2. The first kappa shape index (κ1) is 12.2. The lowest BCUT2D eigenvalue weighted by Crippen LogP contribution is -2.13. The van der Waals surface area contributed by atoms with Gasteiger partial charge in [-0.15, -0.1) is 6.42 Å². The summed E-state index contributed by atoms with van der Waals surface area (Å²) in [4.78, 5) is 0.205. The van der Waals surface area contributed by atoms with Gasteiger partial charge < -0.3 is 0 Å². The third kappa shape index (κ3) is 2.53. The highest BCUT2D eigenvalue weighted by molar-refractivity contribution is 7.92. The van der Waals surface area contributed by atoms with Gasteiger partial charge in [-0.3, -0.25) is 4.72 Å². The van der Waals surface area contributed by atoms with E-state index in [1.54, 1.807) is 42.5 Å². The summed E-state index contributed by atoms with van der Waals surface area (Å²) in [6.07, 6.45) is 5.32. The molecule has 2 aromatic rings. The summed E-state index contributed by atoms with van der Waals surface area (Å²) in [5, 5.41) is 0. The molecule has 0 aromatic heterocycles. The first-order chi connectivity index (χ1) is 8.63. The van der Waals surface area contributed by atoms with Crippen molar-refractivity contribution >= 4 is 15.7 Å². The lowest BCUT2D eigenvalue weighted by molar-refractivity contribution is 0.601. The Labute approximate surface area is 107 Å². The second kappa shape index (κ2) is 4.94. The Morgan fingerprint density at radius 2 is 1.56 bits per heavy atom. The summed E-state index contributed by atoms with van der Waals surface area (Å²) in [6.45, 7) is 0. The maximum absolute atomic E-state index is 12.1. The number of hydrogen-bond donors (Lipinski definition) is 1. The molecule has 0 saturated heterocycles. The molecule has 0 aliphatic carbocycles. The van der Waals surface area contributed by atoms with Gasteiger partial charge in [-0.1, -0.05) is 36.3 Å². The molecule has 0 heterocycles. The molecule has 0 fully saturated rings. The highest BCUT2D eigenvalue weighted by atomic mass is 32.2. The van der Waals surface area contributed by atoms with E-state index in [0.29, 0.717) is 11.3 Å². The van der Waals surface area contributed by atoms with Crippen LogP contribution in [0.4, 0.5) is 5.69 Å². The molecule has 0 bridgehead atoms. The van der Waals surface area contributed by atoms with Crippen molar-refractivity contribution in [3.8, 4) is 12.3 Å². The highest BCUT2D eigenvalue weighted by Crippen LogP contribution is 2.18. The standard InChI is InChI=1S/C14H11NO2S/c1-2-12-8-6-7-11-14(12)15-18(16,17)13-9-4-3-5-10-13/h1,3-11,15H. The first-order valence-electron chi connectivity index (χ1n) is 5.27. The third-order valence-corrected chi connectivity index (χ3v) is 3.76. The van der Waals surface area contributed by atoms with Gasteiger partial charge in [-0.2, -0.15) is 0 Å². The van der Waals surface area contributed by atoms with E-state index in [-0.39, 0.29) is 4.90 Å². The van der Waals surface area contributed by atoms with Gasteiger partial charge in [-0.25, -0.2) is 8.42 Å². The molecule has 0 aliphatic rings. The SMILES string of the molecule is C#Cc1ccccc1NS(=O)(=O)c1ccccc1. The number of hydrogen-bond acceptors (Lipinski definition) is 2. The molecule has 0 radical (unpaired) electrons. The van der Waals surface area contributed by atoms with Crippen LogP contribution in [-0.2, 0) is 10.0 Å². The molecule has 2 aromatic carbocycles. The third-order valence-electron chi connectivity index (χ3n) is 2.38. The molecular formula is C14H11NO2S. The normalized spacial score (nSPS) is 10.6. The van der Waals surface area contributed by atoms with Crippen molar-refractivity contribution in [3.63, 3.8) is 0 Å². The van der Waals surface area contributed by atoms with Crippen LogP contribution in [0.15, 0.2) is 59.5 Å². The Morgan fingerprint density at radius 1 is 0.944 bits per heavy atom. The van der Waals surface area contributed by atoms with Crippen molar-refractivity contribution in [1.29, 1.82) is 0 Å². The largest absolute Gasteiger partial charge is 0.278 e. The molecule has 0 unspecified atom stereocenters. The fourth-order valence-electron chi connectivity index (χ4n) is 1.50. The molecule has 18 heavy (non-hydrogen) atoms. The van der Waals surface area contributed by atoms with Crippen molar-refractivity contribution in [1.82, 2.24) is 0 Å². The number of anilines is 1. The number of benzene rings is 2. The number of rotatable bonds is 3. The van der Waals surface area contributed by atoms with Crippen LogP contribution in [0.3, 0.4) is 0 Å². The average Bonchev–Trinajstić information content (AvgIpc) is 2.40. The Kier molecular flexibility index (Phi) is 3.35. The van der Waals surface area contributed by atoms with E-state index in [4.69, 9.17) is 6.42 Å². The van der Waals surface area contributed by atoms with Gasteiger partial charge in [0.05, 0.1) is 10.6 Å². The topological polar surface area (TPSA) is 46.2 Å². The average molecular weight is 257 g/mol. The second-order valence-corrected chi connectivity index (χ2v) is 5.29. The van der Waals surface area contributed by atoms with Gasteiger partial charge in [0.1, 0.15) is 0 Å². The van der Waals surface area contributed by atoms with Gasteiger partial charge in [0.2, 0.25) is 0 Å². The summed E-state index contributed by atoms with van der Waals surface area (Å²) in [5.74, 6) is 2.44. The molecule has 0 atom stereocenters. The van der Waals surface area contributed by atoms with E-state index in [1.807, 2.05) is 0 Å². The Bertz CT molecular complexity index is 685. The smallest absolute Gasteiger partial charge is 0.261 e. The van der Waals surface area contributed by atoms with Crippen LogP contribution in [0, 0.1) is 12.3 Å². The summed E-state index contributed by atoms with van der Waals surface area (Å²) in [6, 6.07) is 15.0. The minimum Gasteiger partial charge on any atom is -0.278 e. The number of nitrogens with one attached hydrogen (secondary N) is 1. The van der Waals surface area contributed by atoms with E-state index in [1.165, 1.54) is 12.1 Å². The number of para-hydroxylation sites is 1. The van der Waals surface area contributed by atoms with Crippen molar-refractivity contribution in [3.05, 3.63) is 60.2 Å². The van der Waals surface area contributed by atoms with Crippen LogP contribution in [-0.4, -0.2) is 8.42 Å². The fraction of sp³-hybridized carbons (Fsp3) is 0. The van der Waals surface area contributed by atoms with Crippen LogP contribution in [0.5, 0.6) is 0 Å². The van der Waals surface area contributed by atoms with E-state index in [2.05, 4.69) is 10.6 Å². The molecule has 4 heteroatoms. The Hall–Kier alpha value is -2.25. The van der Waals surface area contributed by atoms with Crippen LogP contribution < -0.4 is 4.72 Å². The molecule has 1 N–H and O–H groups in total. The van der Waals surface area contributed by atoms with E-state index in [0.717, 1.165) is 0 Å². The first-order valence-corrected chi connectivity index (χ1v) is 6.75. The van der Waals surface area contributed by atoms with E-state index in [9.17, 15) is 8.42 Å². The van der Waals surface area contributed by atoms with Crippen molar-refractivity contribution < 1.29 is 8.42 Å². The Balaban J connectivity index is 2.38. The van der Waals surface area contributed by atoms with Crippen molar-refractivity contribution in [2.24, 2.45) is 0 Å². The van der Waals surface area contributed by atoms with Crippen LogP contribution in [0.25, 0.3) is 0 Å². The van der Waals surface area contributed by atoms with E-state index >= 15 is 0 Å². The number of terminal acetylenes is 1. The van der Waals surface area contributed by atoms with Crippen LogP contribution in [0.2, 0.25) is 0 Å². The maximum atomic E-state index is 12.1. The summed E-state index contributed by atoms with van der Waals surface area (Å²) in [7, 11) is -3.59. The van der Waals surface area contributed by atoms with Crippen LogP contribution >= 0.6 is 0 Å². The minimum atomic E-state index is -3.59. The highest BCUT2D eigenvalue weighted by Gasteiger charge is 2.14. The summed E-state index contributed by atoms with van der Waals surface area (Å²) in [5.41, 5.74) is 0.917. The van der Waals surface area contributed by atoms with Gasteiger partial charge in [0.15, 0.2) is 0 Å². The van der Waals surface area contributed by atoms with Gasteiger partial charge in [-0.05, 0) is 24.3 Å². The summed E-state index contributed by atoms with van der Waals surface area (Å²) < 4.78 is 26.7. The molecule has 0 aliphatic heterocycles. The predicted molar refractivity (Wildman–Crippen MR) is 71.6 cm³/mol. The molecule has 3 nitrogen and oxygen atoms in total. The maximum Gasteiger partial charge on any atom is 0.261 e.